The number of ether oxygens (including phenoxy) is 1. The summed E-state index contributed by atoms with van der Waals surface area (Å²) in [6, 6.07) is -0.157. The van der Waals surface area contributed by atoms with E-state index in [0.29, 0.717) is 18.9 Å². The first kappa shape index (κ1) is 16.2. The lowest BCUT2D eigenvalue weighted by molar-refractivity contribution is -0.133. The maximum Gasteiger partial charge on any atom is 0.249 e. The van der Waals surface area contributed by atoms with Crippen LogP contribution >= 0.6 is 0 Å². The molecule has 1 unspecified atom stereocenters. The molecule has 2 fully saturated rings. The fraction of sp³-hybridized carbons (Fsp3) is 0.867. The molecule has 0 aromatic rings. The Morgan fingerprint density at radius 2 is 1.86 bits per heavy atom. The van der Waals surface area contributed by atoms with E-state index in [1.807, 2.05) is 0 Å². The Morgan fingerprint density at radius 1 is 1.14 bits per heavy atom. The zero-order valence-electron chi connectivity index (χ0n) is 12.6. The first-order valence-corrected chi connectivity index (χ1v) is 8.04. The van der Waals surface area contributed by atoms with Crippen LogP contribution in [0.2, 0.25) is 0 Å². The van der Waals surface area contributed by atoms with Gasteiger partial charge in [-0.2, -0.15) is 0 Å². The van der Waals surface area contributed by atoms with Gasteiger partial charge in [-0.25, -0.2) is 0 Å². The van der Waals surface area contributed by atoms with Crippen molar-refractivity contribution in [1.82, 2.24) is 5.32 Å². The highest BCUT2D eigenvalue weighted by Crippen LogP contribution is 2.28. The Bertz CT molecular complexity index is 369. The number of carbonyl (C=O) groups excluding carboxylic acids is 2. The van der Waals surface area contributed by atoms with Gasteiger partial charge in [-0.1, -0.05) is 19.3 Å². The standard InChI is InChI=1S/C15H27N3O3/c16-9-11-6-7-13(21-11)15(20)18-12(8-14(17)19)10-4-2-1-3-5-10/h10-13H,1-9,16H2,(H2,17,19)(H,18,20)/t11-,12?,13+/m1/s1. The molecule has 0 spiro atoms. The third-order valence-electron chi connectivity index (χ3n) is 4.63. The second-order valence-electron chi connectivity index (χ2n) is 6.24. The van der Waals surface area contributed by atoms with Crippen LogP contribution in [0.25, 0.3) is 0 Å². The lowest BCUT2D eigenvalue weighted by Gasteiger charge is -2.31. The number of rotatable bonds is 6. The quantitative estimate of drug-likeness (QED) is 0.661. The third-order valence-corrected chi connectivity index (χ3v) is 4.63. The highest BCUT2D eigenvalue weighted by molar-refractivity contribution is 5.82. The minimum Gasteiger partial charge on any atom is -0.370 e. The van der Waals surface area contributed by atoms with Gasteiger partial charge < -0.3 is 21.5 Å². The van der Waals surface area contributed by atoms with Crippen molar-refractivity contribution in [2.45, 2.75) is 69.6 Å². The molecule has 120 valence electrons. The average Bonchev–Trinajstić information content (AvgIpc) is 2.96. The van der Waals surface area contributed by atoms with Crippen LogP contribution in [0.4, 0.5) is 0 Å². The Kier molecular flexibility index (Phi) is 5.99. The summed E-state index contributed by atoms with van der Waals surface area (Å²) in [4.78, 5) is 23.6. The van der Waals surface area contributed by atoms with Gasteiger partial charge in [0.15, 0.2) is 0 Å². The molecule has 2 rings (SSSR count). The molecular weight excluding hydrogens is 270 g/mol. The minimum atomic E-state index is -0.433. The Morgan fingerprint density at radius 3 is 2.43 bits per heavy atom. The number of amides is 2. The Balaban J connectivity index is 1.91. The lowest BCUT2D eigenvalue weighted by atomic mass is 9.82. The van der Waals surface area contributed by atoms with E-state index < -0.39 is 6.10 Å². The first-order chi connectivity index (χ1) is 10.1. The maximum absolute atomic E-state index is 12.3. The van der Waals surface area contributed by atoms with Crippen LogP contribution in [0.3, 0.4) is 0 Å². The van der Waals surface area contributed by atoms with E-state index in [0.717, 1.165) is 32.1 Å². The van der Waals surface area contributed by atoms with Crippen molar-refractivity contribution < 1.29 is 14.3 Å². The van der Waals surface area contributed by atoms with Crippen LogP contribution in [-0.2, 0) is 14.3 Å². The van der Waals surface area contributed by atoms with Crippen molar-refractivity contribution >= 4 is 11.8 Å². The normalized spacial score (nSPS) is 28.2. The summed E-state index contributed by atoms with van der Waals surface area (Å²) in [5, 5.41) is 3.00. The molecule has 0 aromatic carbocycles. The van der Waals surface area contributed by atoms with Crippen molar-refractivity contribution in [2.24, 2.45) is 17.4 Å². The van der Waals surface area contributed by atoms with E-state index in [4.69, 9.17) is 16.2 Å². The van der Waals surface area contributed by atoms with Crippen LogP contribution in [0, 0.1) is 5.92 Å². The molecule has 1 aliphatic heterocycles. The van der Waals surface area contributed by atoms with Gasteiger partial charge in [-0.05, 0) is 31.6 Å². The van der Waals surface area contributed by atoms with Crippen LogP contribution in [0.5, 0.6) is 0 Å². The van der Waals surface area contributed by atoms with Crippen LogP contribution in [0.15, 0.2) is 0 Å². The molecular formula is C15H27N3O3. The second kappa shape index (κ2) is 7.75. The van der Waals surface area contributed by atoms with Crippen molar-refractivity contribution in [3.05, 3.63) is 0 Å². The van der Waals surface area contributed by atoms with Crippen molar-refractivity contribution in [3.8, 4) is 0 Å². The van der Waals surface area contributed by atoms with Crippen molar-refractivity contribution in [2.75, 3.05) is 6.54 Å². The van der Waals surface area contributed by atoms with E-state index in [2.05, 4.69) is 5.32 Å². The Hall–Kier alpha value is -1.14. The lowest BCUT2D eigenvalue weighted by Crippen LogP contribution is -2.47. The summed E-state index contributed by atoms with van der Waals surface area (Å²) in [7, 11) is 0. The van der Waals surface area contributed by atoms with Gasteiger partial charge in [-0.15, -0.1) is 0 Å². The predicted molar refractivity (Wildman–Crippen MR) is 79.3 cm³/mol. The number of nitrogens with one attached hydrogen (secondary N) is 1. The summed E-state index contributed by atoms with van der Waals surface area (Å²) >= 11 is 0. The zero-order chi connectivity index (χ0) is 15.2. The smallest absolute Gasteiger partial charge is 0.249 e. The van der Waals surface area contributed by atoms with Crippen molar-refractivity contribution in [1.29, 1.82) is 0 Å². The van der Waals surface area contributed by atoms with E-state index in [1.165, 1.54) is 6.42 Å². The molecule has 3 atom stereocenters. The van der Waals surface area contributed by atoms with Gasteiger partial charge in [0.05, 0.1) is 6.10 Å². The summed E-state index contributed by atoms with van der Waals surface area (Å²) in [6.45, 7) is 0.442. The number of primary amides is 1. The van der Waals surface area contributed by atoms with E-state index in [9.17, 15) is 9.59 Å². The summed E-state index contributed by atoms with van der Waals surface area (Å²) in [6.07, 6.45) is 6.92. The fourth-order valence-electron chi connectivity index (χ4n) is 3.44. The highest BCUT2D eigenvalue weighted by atomic mass is 16.5. The summed E-state index contributed by atoms with van der Waals surface area (Å²) in [5.74, 6) is -0.136. The molecule has 0 aromatic heterocycles. The Labute approximate surface area is 126 Å². The van der Waals surface area contributed by atoms with Gasteiger partial charge in [0.1, 0.15) is 6.10 Å². The molecule has 2 aliphatic rings. The largest absolute Gasteiger partial charge is 0.370 e. The average molecular weight is 297 g/mol. The zero-order valence-corrected chi connectivity index (χ0v) is 12.6. The van der Waals surface area contributed by atoms with Crippen LogP contribution in [-0.4, -0.2) is 36.6 Å². The molecule has 1 saturated heterocycles. The third kappa shape index (κ3) is 4.68. The molecule has 1 aliphatic carbocycles. The molecule has 0 radical (unpaired) electrons. The molecule has 21 heavy (non-hydrogen) atoms. The molecule has 6 nitrogen and oxygen atoms in total. The number of hydrogen-bond donors (Lipinski definition) is 3. The summed E-state index contributed by atoms with van der Waals surface area (Å²) in [5.41, 5.74) is 10.9. The van der Waals surface area contributed by atoms with Crippen LogP contribution in [0.1, 0.15) is 51.4 Å². The SMILES string of the molecule is NC[C@H]1CC[C@@H](C(=O)NC(CC(N)=O)C2CCCCC2)O1. The van der Waals surface area contributed by atoms with Gasteiger partial charge in [0.2, 0.25) is 11.8 Å². The maximum atomic E-state index is 12.3. The summed E-state index contributed by atoms with van der Waals surface area (Å²) < 4.78 is 5.61. The minimum absolute atomic E-state index is 0.0231. The topological polar surface area (TPSA) is 107 Å². The highest BCUT2D eigenvalue weighted by Gasteiger charge is 2.33. The van der Waals surface area contributed by atoms with Crippen LogP contribution < -0.4 is 16.8 Å². The van der Waals surface area contributed by atoms with E-state index in [1.54, 1.807) is 0 Å². The number of hydrogen-bond acceptors (Lipinski definition) is 4. The number of nitrogens with two attached hydrogens (primary N) is 2. The molecule has 1 saturated carbocycles. The van der Waals surface area contributed by atoms with E-state index in [-0.39, 0.29) is 30.4 Å². The molecule has 6 heteroatoms. The monoisotopic (exact) mass is 297 g/mol. The second-order valence-corrected chi connectivity index (χ2v) is 6.24. The predicted octanol–water partition coefficient (Wildman–Crippen LogP) is 0.433. The molecule has 5 N–H and O–H groups in total. The van der Waals surface area contributed by atoms with Gasteiger partial charge in [-0.3, -0.25) is 9.59 Å². The van der Waals surface area contributed by atoms with E-state index >= 15 is 0 Å². The van der Waals surface area contributed by atoms with Gasteiger partial charge >= 0.3 is 0 Å². The number of carbonyl (C=O) groups is 2. The molecule has 2 amide bonds. The molecule has 0 bridgehead atoms. The fourth-order valence-corrected chi connectivity index (χ4v) is 3.44. The van der Waals surface area contributed by atoms with Crippen molar-refractivity contribution in [3.63, 3.8) is 0 Å². The molecule has 1 heterocycles. The first-order valence-electron chi connectivity index (χ1n) is 8.04. The van der Waals surface area contributed by atoms with Gasteiger partial charge in [0, 0.05) is 19.0 Å². The van der Waals surface area contributed by atoms with Gasteiger partial charge in [0.25, 0.3) is 0 Å².